The first-order valence-electron chi connectivity index (χ1n) is 11.6. The lowest BCUT2D eigenvalue weighted by Crippen LogP contribution is -2.50. The zero-order valence-electron chi connectivity index (χ0n) is 18.2. The number of pyridine rings is 1. The van der Waals surface area contributed by atoms with Gasteiger partial charge in [0.2, 0.25) is 0 Å². The number of ether oxygens (including phenoxy) is 1. The Kier molecular flexibility index (Phi) is 5.47. The fraction of sp³-hybridized carbons (Fsp3) is 0.520. The van der Waals surface area contributed by atoms with E-state index in [2.05, 4.69) is 11.4 Å². The molecule has 2 atom stereocenters. The fourth-order valence-corrected chi connectivity index (χ4v) is 5.91. The number of benzene rings is 1. The van der Waals surface area contributed by atoms with Crippen LogP contribution in [0, 0.1) is 5.92 Å². The van der Waals surface area contributed by atoms with E-state index in [-0.39, 0.29) is 17.5 Å². The number of fused-ring (bicyclic) bond motifs is 4. The first kappa shape index (κ1) is 20.2. The summed E-state index contributed by atoms with van der Waals surface area (Å²) in [5.41, 5.74) is 3.35. The van der Waals surface area contributed by atoms with Crippen LogP contribution in [0.25, 0.3) is 0 Å². The Morgan fingerprint density at radius 3 is 2.61 bits per heavy atom. The molecular weight excluding hydrogens is 390 g/mol. The minimum Gasteiger partial charge on any atom is -0.495 e. The molecule has 1 saturated carbocycles. The second kappa shape index (κ2) is 8.40. The molecule has 1 aromatic heterocycles. The number of aromatic nitrogens is 1. The summed E-state index contributed by atoms with van der Waals surface area (Å²) in [5.74, 6) is 1.74. The fourth-order valence-electron chi connectivity index (χ4n) is 5.91. The second-order valence-electron chi connectivity index (χ2n) is 9.29. The van der Waals surface area contributed by atoms with E-state index in [4.69, 9.17) is 4.74 Å². The van der Waals surface area contributed by atoms with Gasteiger partial charge in [0.15, 0.2) is 0 Å². The number of methoxy groups -OCH3 is 1. The molecule has 1 N–H and O–H groups in total. The predicted octanol–water partition coefficient (Wildman–Crippen LogP) is 4.56. The first-order valence-corrected chi connectivity index (χ1v) is 11.6. The van der Waals surface area contributed by atoms with Crippen LogP contribution in [0.3, 0.4) is 0 Å². The molecule has 1 saturated heterocycles. The number of carbonyl (C=O) groups excluding carboxylic acids is 1. The van der Waals surface area contributed by atoms with Gasteiger partial charge >= 0.3 is 6.03 Å². The Morgan fingerprint density at radius 2 is 1.81 bits per heavy atom. The maximum Gasteiger partial charge on any atom is 0.321 e. The highest BCUT2D eigenvalue weighted by molar-refractivity contribution is 5.91. The SMILES string of the molecule is COc1ccccc1NC(=O)N1C[C@@H]2C[C@H](C1)c1c(C3CCCCC3)ccc(=O)n1C2. The molecular formula is C25H31N3O3. The highest BCUT2D eigenvalue weighted by Gasteiger charge is 2.38. The van der Waals surface area contributed by atoms with Gasteiger partial charge in [0.05, 0.1) is 12.8 Å². The molecule has 2 amide bonds. The monoisotopic (exact) mass is 421 g/mol. The van der Waals surface area contributed by atoms with Gasteiger partial charge in [-0.1, -0.05) is 37.5 Å². The van der Waals surface area contributed by atoms with Gasteiger partial charge in [0, 0.05) is 37.3 Å². The van der Waals surface area contributed by atoms with Gasteiger partial charge in [-0.3, -0.25) is 4.79 Å². The van der Waals surface area contributed by atoms with Gasteiger partial charge < -0.3 is 19.5 Å². The van der Waals surface area contributed by atoms with E-state index in [0.717, 1.165) is 6.42 Å². The normalized spacial score (nSPS) is 23.2. The number of hydrogen-bond acceptors (Lipinski definition) is 3. The topological polar surface area (TPSA) is 63.6 Å². The summed E-state index contributed by atoms with van der Waals surface area (Å²) in [4.78, 5) is 27.8. The van der Waals surface area contributed by atoms with Gasteiger partial charge in [-0.15, -0.1) is 0 Å². The van der Waals surface area contributed by atoms with E-state index in [1.54, 1.807) is 13.2 Å². The van der Waals surface area contributed by atoms with Crippen LogP contribution in [-0.4, -0.2) is 35.7 Å². The zero-order valence-corrected chi connectivity index (χ0v) is 18.2. The molecule has 0 radical (unpaired) electrons. The quantitative estimate of drug-likeness (QED) is 0.790. The molecule has 0 spiro atoms. The summed E-state index contributed by atoms with van der Waals surface area (Å²) in [6.45, 7) is 2.04. The summed E-state index contributed by atoms with van der Waals surface area (Å²) in [7, 11) is 1.61. The van der Waals surface area contributed by atoms with Crippen LogP contribution in [-0.2, 0) is 6.54 Å². The second-order valence-corrected chi connectivity index (χ2v) is 9.29. The van der Waals surface area contributed by atoms with Crippen LogP contribution in [0.15, 0.2) is 41.2 Å². The van der Waals surface area contributed by atoms with Crippen LogP contribution in [0.2, 0.25) is 0 Å². The number of rotatable bonds is 3. The third kappa shape index (κ3) is 3.84. The Morgan fingerprint density at radius 1 is 1.00 bits per heavy atom. The number of carbonyl (C=O) groups is 1. The van der Waals surface area contributed by atoms with Crippen molar-refractivity contribution in [3.8, 4) is 5.75 Å². The largest absolute Gasteiger partial charge is 0.495 e. The van der Waals surface area contributed by atoms with E-state index < -0.39 is 0 Å². The number of likely N-dealkylation sites (tertiary alicyclic amines) is 1. The van der Waals surface area contributed by atoms with Gasteiger partial charge in [0.25, 0.3) is 5.56 Å². The molecule has 6 nitrogen and oxygen atoms in total. The number of hydrogen-bond donors (Lipinski definition) is 1. The van der Waals surface area contributed by atoms with Crippen LogP contribution in [0.4, 0.5) is 10.5 Å². The Hall–Kier alpha value is -2.76. The molecule has 5 rings (SSSR count). The lowest BCUT2D eigenvalue weighted by atomic mass is 9.76. The molecule has 2 fully saturated rings. The minimum atomic E-state index is -0.0925. The molecule has 2 aromatic rings. The molecule has 2 aliphatic heterocycles. The summed E-state index contributed by atoms with van der Waals surface area (Å²) < 4.78 is 7.41. The summed E-state index contributed by atoms with van der Waals surface area (Å²) in [5, 5.41) is 3.03. The van der Waals surface area contributed by atoms with Crippen molar-refractivity contribution < 1.29 is 9.53 Å². The Bertz CT molecular complexity index is 1020. The number of nitrogens with one attached hydrogen (secondary N) is 1. The van der Waals surface area contributed by atoms with E-state index >= 15 is 0 Å². The molecule has 2 bridgehead atoms. The van der Waals surface area contributed by atoms with Gasteiger partial charge in [0.1, 0.15) is 5.75 Å². The van der Waals surface area contributed by atoms with E-state index in [9.17, 15) is 9.59 Å². The Labute approximate surface area is 183 Å². The highest BCUT2D eigenvalue weighted by atomic mass is 16.5. The third-order valence-electron chi connectivity index (χ3n) is 7.30. The van der Waals surface area contributed by atoms with E-state index in [0.29, 0.717) is 42.9 Å². The molecule has 6 heteroatoms. The number of anilines is 1. The first-order chi connectivity index (χ1) is 15.1. The molecule has 1 aliphatic carbocycles. The maximum atomic E-state index is 13.1. The zero-order chi connectivity index (χ0) is 21.4. The van der Waals surface area contributed by atoms with Crippen molar-refractivity contribution in [2.45, 2.75) is 56.9 Å². The van der Waals surface area contributed by atoms with Gasteiger partial charge in [-0.2, -0.15) is 0 Å². The van der Waals surface area contributed by atoms with Crippen molar-refractivity contribution in [3.63, 3.8) is 0 Å². The minimum absolute atomic E-state index is 0.0925. The van der Waals surface area contributed by atoms with Crippen molar-refractivity contribution in [3.05, 3.63) is 58.0 Å². The van der Waals surface area contributed by atoms with E-state index in [1.165, 1.54) is 43.4 Å². The van der Waals surface area contributed by atoms with Crippen LogP contribution in [0.1, 0.15) is 61.6 Å². The molecule has 0 unspecified atom stereocenters. The molecule has 164 valence electrons. The number of para-hydroxylation sites is 2. The number of nitrogens with zero attached hydrogens (tertiary/aromatic N) is 2. The van der Waals surface area contributed by atoms with E-state index in [1.807, 2.05) is 33.7 Å². The van der Waals surface area contributed by atoms with Crippen molar-refractivity contribution in [1.82, 2.24) is 9.47 Å². The van der Waals surface area contributed by atoms with Gasteiger partial charge in [-0.25, -0.2) is 4.79 Å². The average Bonchev–Trinajstić information content (AvgIpc) is 2.80. The molecule has 3 heterocycles. The van der Waals surface area contributed by atoms with Crippen molar-refractivity contribution in [2.75, 3.05) is 25.5 Å². The molecule has 3 aliphatic rings. The molecule has 1 aromatic carbocycles. The average molecular weight is 422 g/mol. The van der Waals surface area contributed by atoms with Gasteiger partial charge in [-0.05, 0) is 48.8 Å². The number of amides is 2. The van der Waals surface area contributed by atoms with Crippen LogP contribution >= 0.6 is 0 Å². The highest BCUT2D eigenvalue weighted by Crippen LogP contribution is 2.42. The van der Waals surface area contributed by atoms with Crippen LogP contribution < -0.4 is 15.6 Å². The number of piperidine rings is 1. The third-order valence-corrected chi connectivity index (χ3v) is 7.30. The van der Waals surface area contributed by atoms with Crippen molar-refractivity contribution >= 4 is 11.7 Å². The predicted molar refractivity (Wildman–Crippen MR) is 121 cm³/mol. The summed E-state index contributed by atoms with van der Waals surface area (Å²) in [6.07, 6.45) is 7.32. The lowest BCUT2D eigenvalue weighted by Gasteiger charge is -2.44. The standard InChI is InChI=1S/C25H31N3O3/c1-31-22-10-6-5-9-21(22)26-25(30)27-14-17-13-19(16-27)24-20(18-7-3-2-4-8-18)11-12-23(29)28(24)15-17/h5-6,9-12,17-19H,2-4,7-8,13-16H2,1H3,(H,26,30)/t17-,19+/m0/s1. The Balaban J connectivity index is 1.41. The van der Waals surface area contributed by atoms with Crippen LogP contribution in [0.5, 0.6) is 5.75 Å². The lowest BCUT2D eigenvalue weighted by molar-refractivity contribution is 0.138. The summed E-state index contributed by atoms with van der Waals surface area (Å²) in [6, 6.07) is 11.2. The van der Waals surface area contributed by atoms with Crippen molar-refractivity contribution in [1.29, 1.82) is 0 Å². The smallest absolute Gasteiger partial charge is 0.321 e. The summed E-state index contributed by atoms with van der Waals surface area (Å²) >= 11 is 0. The maximum absolute atomic E-state index is 13.1. The molecule has 31 heavy (non-hydrogen) atoms. The number of urea groups is 1. The van der Waals surface area contributed by atoms with Crippen molar-refractivity contribution in [2.24, 2.45) is 5.92 Å².